The lowest BCUT2D eigenvalue weighted by Crippen LogP contribution is -2.22. The first-order chi connectivity index (χ1) is 9.78. The van der Waals surface area contributed by atoms with Crippen LogP contribution in [0, 0.1) is 0 Å². The number of nitrogens with one attached hydrogen (secondary N) is 1. The summed E-state index contributed by atoms with van der Waals surface area (Å²) in [6, 6.07) is 8.23. The first kappa shape index (κ1) is 14.5. The highest BCUT2D eigenvalue weighted by atomic mass is 16.5. The molecule has 0 fully saturated rings. The van der Waals surface area contributed by atoms with Crippen LogP contribution in [0.5, 0.6) is 11.5 Å². The molecule has 0 aliphatic carbocycles. The van der Waals surface area contributed by atoms with Gasteiger partial charge in [-0.05, 0) is 42.3 Å². The second-order valence-electron chi connectivity index (χ2n) is 4.56. The standard InChI is InChI=1S/C16H21NO3/c1-4-17-14(9-12-7-8-20-11-12)13-5-6-15(18-2)16(10-13)19-3/h5-8,10-11,14,17H,4,9H2,1-3H3. The number of ether oxygens (including phenoxy) is 2. The van der Waals surface area contributed by atoms with Crippen LogP contribution in [0.1, 0.15) is 24.1 Å². The molecule has 2 rings (SSSR count). The predicted octanol–water partition coefficient (Wildman–Crippen LogP) is 3.19. The van der Waals surface area contributed by atoms with Crippen LogP contribution in [0.4, 0.5) is 0 Å². The second-order valence-corrected chi connectivity index (χ2v) is 4.56. The normalized spacial score (nSPS) is 12.2. The average Bonchev–Trinajstić information content (AvgIpc) is 2.99. The van der Waals surface area contributed by atoms with Gasteiger partial charge in [0.25, 0.3) is 0 Å². The molecule has 0 aliphatic heterocycles. The van der Waals surface area contributed by atoms with E-state index in [1.807, 2.05) is 18.2 Å². The lowest BCUT2D eigenvalue weighted by atomic mass is 10.00. The van der Waals surface area contributed by atoms with Crippen molar-refractivity contribution in [1.82, 2.24) is 5.32 Å². The number of hydrogen-bond acceptors (Lipinski definition) is 4. The Morgan fingerprint density at radius 1 is 1.15 bits per heavy atom. The van der Waals surface area contributed by atoms with Crippen LogP contribution in [-0.4, -0.2) is 20.8 Å². The maximum atomic E-state index is 5.37. The fraction of sp³-hybridized carbons (Fsp3) is 0.375. The molecule has 0 bridgehead atoms. The van der Waals surface area contributed by atoms with Gasteiger partial charge < -0.3 is 19.2 Å². The molecule has 0 saturated heterocycles. The Balaban J connectivity index is 2.24. The summed E-state index contributed by atoms with van der Waals surface area (Å²) in [6.07, 6.45) is 4.36. The number of benzene rings is 1. The van der Waals surface area contributed by atoms with Gasteiger partial charge in [0.1, 0.15) is 0 Å². The number of hydrogen-bond donors (Lipinski definition) is 1. The van der Waals surface area contributed by atoms with E-state index in [-0.39, 0.29) is 6.04 Å². The van der Waals surface area contributed by atoms with Crippen LogP contribution in [0.25, 0.3) is 0 Å². The number of methoxy groups -OCH3 is 2. The molecular weight excluding hydrogens is 254 g/mol. The van der Waals surface area contributed by atoms with Gasteiger partial charge in [-0.2, -0.15) is 0 Å². The van der Waals surface area contributed by atoms with Gasteiger partial charge in [-0.25, -0.2) is 0 Å². The van der Waals surface area contributed by atoms with Gasteiger partial charge in [-0.1, -0.05) is 13.0 Å². The first-order valence-corrected chi connectivity index (χ1v) is 6.74. The highest BCUT2D eigenvalue weighted by molar-refractivity contribution is 5.44. The summed E-state index contributed by atoms with van der Waals surface area (Å²) in [4.78, 5) is 0. The van der Waals surface area contributed by atoms with Crippen molar-refractivity contribution in [2.75, 3.05) is 20.8 Å². The summed E-state index contributed by atoms with van der Waals surface area (Å²) >= 11 is 0. The zero-order valence-corrected chi connectivity index (χ0v) is 12.2. The molecule has 0 spiro atoms. The highest BCUT2D eigenvalue weighted by Gasteiger charge is 2.14. The minimum atomic E-state index is 0.220. The molecule has 0 aliphatic rings. The molecule has 1 aromatic carbocycles. The molecule has 1 N–H and O–H groups in total. The maximum absolute atomic E-state index is 5.37. The summed E-state index contributed by atoms with van der Waals surface area (Å²) < 4.78 is 15.8. The Bertz CT molecular complexity index is 523. The quantitative estimate of drug-likeness (QED) is 0.842. The molecule has 4 nitrogen and oxygen atoms in total. The lowest BCUT2D eigenvalue weighted by molar-refractivity contribution is 0.354. The van der Waals surface area contributed by atoms with Gasteiger partial charge in [-0.3, -0.25) is 0 Å². The number of furan rings is 1. The molecular formula is C16H21NO3. The van der Waals surface area contributed by atoms with E-state index in [1.54, 1.807) is 26.7 Å². The molecule has 108 valence electrons. The van der Waals surface area contributed by atoms with E-state index in [2.05, 4.69) is 18.3 Å². The van der Waals surface area contributed by atoms with Gasteiger partial charge in [-0.15, -0.1) is 0 Å². The van der Waals surface area contributed by atoms with Crippen LogP contribution in [0.3, 0.4) is 0 Å². The van der Waals surface area contributed by atoms with Crippen molar-refractivity contribution in [3.05, 3.63) is 47.9 Å². The van der Waals surface area contributed by atoms with Crippen molar-refractivity contribution in [3.63, 3.8) is 0 Å². The maximum Gasteiger partial charge on any atom is 0.161 e. The summed E-state index contributed by atoms with van der Waals surface area (Å²) in [7, 11) is 3.30. The fourth-order valence-electron chi connectivity index (χ4n) is 2.27. The smallest absolute Gasteiger partial charge is 0.161 e. The van der Waals surface area contributed by atoms with Crippen LogP contribution >= 0.6 is 0 Å². The SMILES string of the molecule is CCNC(Cc1ccoc1)c1ccc(OC)c(OC)c1. The van der Waals surface area contributed by atoms with Crippen molar-refractivity contribution in [3.8, 4) is 11.5 Å². The second kappa shape index (κ2) is 7.01. The Kier molecular flexibility index (Phi) is 5.07. The average molecular weight is 275 g/mol. The minimum absolute atomic E-state index is 0.220. The summed E-state index contributed by atoms with van der Waals surface area (Å²) in [5.74, 6) is 1.50. The summed E-state index contributed by atoms with van der Waals surface area (Å²) in [5, 5.41) is 3.49. The molecule has 4 heteroatoms. The summed E-state index contributed by atoms with van der Waals surface area (Å²) in [5.41, 5.74) is 2.34. The Morgan fingerprint density at radius 2 is 1.95 bits per heavy atom. The monoisotopic (exact) mass is 275 g/mol. The molecule has 1 unspecified atom stereocenters. The third-order valence-corrected chi connectivity index (χ3v) is 3.28. The van der Waals surface area contributed by atoms with E-state index in [4.69, 9.17) is 13.9 Å². The van der Waals surface area contributed by atoms with Gasteiger partial charge in [0, 0.05) is 6.04 Å². The molecule has 1 heterocycles. The van der Waals surface area contributed by atoms with E-state index >= 15 is 0 Å². The summed E-state index contributed by atoms with van der Waals surface area (Å²) in [6.45, 7) is 3.00. The largest absolute Gasteiger partial charge is 0.493 e. The predicted molar refractivity (Wildman–Crippen MR) is 78.4 cm³/mol. The number of likely N-dealkylation sites (N-methyl/N-ethyl adjacent to an activating group) is 1. The fourth-order valence-corrected chi connectivity index (χ4v) is 2.27. The molecule has 1 aromatic heterocycles. The molecule has 1 atom stereocenters. The van der Waals surface area contributed by atoms with Gasteiger partial charge in [0.2, 0.25) is 0 Å². The first-order valence-electron chi connectivity index (χ1n) is 6.74. The zero-order valence-electron chi connectivity index (χ0n) is 12.2. The Labute approximate surface area is 119 Å². The Hall–Kier alpha value is -1.94. The van der Waals surface area contributed by atoms with E-state index < -0.39 is 0 Å². The van der Waals surface area contributed by atoms with Crippen molar-refractivity contribution in [1.29, 1.82) is 0 Å². The van der Waals surface area contributed by atoms with Crippen LogP contribution in [-0.2, 0) is 6.42 Å². The van der Waals surface area contributed by atoms with E-state index in [0.717, 1.165) is 24.5 Å². The Morgan fingerprint density at radius 3 is 2.55 bits per heavy atom. The molecule has 2 aromatic rings. The van der Waals surface area contributed by atoms with Crippen molar-refractivity contribution < 1.29 is 13.9 Å². The third-order valence-electron chi connectivity index (χ3n) is 3.28. The molecule has 20 heavy (non-hydrogen) atoms. The number of rotatable bonds is 7. The lowest BCUT2D eigenvalue weighted by Gasteiger charge is -2.19. The van der Waals surface area contributed by atoms with Gasteiger partial charge >= 0.3 is 0 Å². The molecule has 0 amide bonds. The van der Waals surface area contributed by atoms with Crippen molar-refractivity contribution >= 4 is 0 Å². The third kappa shape index (κ3) is 3.33. The van der Waals surface area contributed by atoms with Gasteiger partial charge in [0.15, 0.2) is 11.5 Å². The van der Waals surface area contributed by atoms with E-state index in [9.17, 15) is 0 Å². The topological polar surface area (TPSA) is 43.6 Å². The van der Waals surface area contributed by atoms with Gasteiger partial charge in [0.05, 0.1) is 26.7 Å². The van der Waals surface area contributed by atoms with Crippen LogP contribution in [0.15, 0.2) is 41.2 Å². The van der Waals surface area contributed by atoms with E-state index in [0.29, 0.717) is 0 Å². The van der Waals surface area contributed by atoms with Crippen molar-refractivity contribution in [2.45, 2.75) is 19.4 Å². The van der Waals surface area contributed by atoms with Crippen LogP contribution < -0.4 is 14.8 Å². The molecule has 0 saturated carbocycles. The van der Waals surface area contributed by atoms with Crippen molar-refractivity contribution in [2.24, 2.45) is 0 Å². The minimum Gasteiger partial charge on any atom is -0.493 e. The zero-order chi connectivity index (χ0) is 14.4. The van der Waals surface area contributed by atoms with E-state index in [1.165, 1.54) is 11.1 Å². The highest BCUT2D eigenvalue weighted by Crippen LogP contribution is 2.31. The van der Waals surface area contributed by atoms with Crippen LogP contribution in [0.2, 0.25) is 0 Å². The molecule has 0 radical (unpaired) electrons.